The summed E-state index contributed by atoms with van der Waals surface area (Å²) in [4.78, 5) is 2.09. The molecule has 140 valence electrons. The Morgan fingerprint density at radius 3 is 2.59 bits per heavy atom. The minimum absolute atomic E-state index is 0.0503. The van der Waals surface area contributed by atoms with E-state index in [2.05, 4.69) is 44.7 Å². The molecular formula is C20H23N4O2S+. The SMILES string of the molecule is CN(C)c1ccc([C@H]2[NH2+]C[C@H](CSc3nnc(-c4ccccc4)o3)O2)cc1. The Balaban J connectivity index is 1.31. The molecule has 0 aliphatic carbocycles. The van der Waals surface area contributed by atoms with Gasteiger partial charge in [-0.3, -0.25) is 0 Å². The van der Waals surface area contributed by atoms with Crippen LogP contribution < -0.4 is 10.2 Å². The molecule has 0 saturated carbocycles. The predicted octanol–water partition coefficient (Wildman–Crippen LogP) is 2.56. The van der Waals surface area contributed by atoms with Crippen LogP contribution in [0.3, 0.4) is 0 Å². The summed E-state index contributed by atoms with van der Waals surface area (Å²) in [6.45, 7) is 0.923. The van der Waals surface area contributed by atoms with E-state index in [9.17, 15) is 0 Å². The number of quaternary nitrogens is 1. The molecule has 2 heterocycles. The van der Waals surface area contributed by atoms with Crippen LogP contribution in [0.15, 0.2) is 64.2 Å². The van der Waals surface area contributed by atoms with Gasteiger partial charge in [0.05, 0.1) is 0 Å². The van der Waals surface area contributed by atoms with Gasteiger partial charge < -0.3 is 19.4 Å². The average Bonchev–Trinajstić information content (AvgIpc) is 3.37. The second-order valence-corrected chi connectivity index (χ2v) is 7.66. The number of nitrogens with zero attached hydrogens (tertiary/aromatic N) is 3. The molecule has 1 aliphatic rings. The van der Waals surface area contributed by atoms with Gasteiger partial charge in [-0.25, -0.2) is 0 Å². The van der Waals surface area contributed by atoms with Crippen molar-refractivity contribution in [2.45, 2.75) is 17.6 Å². The number of anilines is 1. The van der Waals surface area contributed by atoms with Crippen molar-refractivity contribution in [2.75, 3.05) is 31.3 Å². The topological polar surface area (TPSA) is 68.0 Å². The molecule has 4 rings (SSSR count). The normalized spacial score (nSPS) is 19.3. The summed E-state index contributed by atoms with van der Waals surface area (Å²) < 4.78 is 11.9. The maximum Gasteiger partial charge on any atom is 0.276 e. The fourth-order valence-electron chi connectivity index (χ4n) is 3.01. The Hall–Kier alpha value is -2.35. The molecule has 7 heteroatoms. The van der Waals surface area contributed by atoms with Crippen molar-refractivity contribution in [3.05, 3.63) is 60.2 Å². The maximum absolute atomic E-state index is 6.18. The van der Waals surface area contributed by atoms with E-state index in [0.29, 0.717) is 11.1 Å². The summed E-state index contributed by atoms with van der Waals surface area (Å²) >= 11 is 1.54. The van der Waals surface area contributed by atoms with Crippen LogP contribution >= 0.6 is 11.8 Å². The molecule has 0 amide bonds. The standard InChI is InChI=1S/C20H22N4O2S/c1-24(2)16-10-8-15(9-11-16)18-21-12-17(25-18)13-27-20-23-22-19(26-20)14-6-4-3-5-7-14/h3-11,17-18,21H,12-13H2,1-2H3/p+1/t17-,18+/m1/s1. The Kier molecular flexibility index (Phi) is 5.42. The zero-order valence-corrected chi connectivity index (χ0v) is 16.2. The first kappa shape index (κ1) is 18.0. The van der Waals surface area contributed by atoms with Crippen LogP contribution in [0.25, 0.3) is 11.5 Å². The molecule has 1 fully saturated rings. The van der Waals surface area contributed by atoms with Gasteiger partial charge in [0.2, 0.25) is 12.1 Å². The molecule has 2 N–H and O–H groups in total. The van der Waals surface area contributed by atoms with Gasteiger partial charge in [0.1, 0.15) is 12.6 Å². The smallest absolute Gasteiger partial charge is 0.276 e. The van der Waals surface area contributed by atoms with Crippen LogP contribution in [-0.4, -0.2) is 42.7 Å². The van der Waals surface area contributed by atoms with Crippen LogP contribution in [0.1, 0.15) is 11.8 Å². The molecule has 1 aromatic heterocycles. The zero-order chi connectivity index (χ0) is 18.6. The molecule has 0 spiro atoms. The first-order valence-corrected chi connectivity index (χ1v) is 9.95. The second kappa shape index (κ2) is 8.12. The lowest BCUT2D eigenvalue weighted by molar-refractivity contribution is -0.697. The summed E-state index contributed by atoms with van der Waals surface area (Å²) in [5.74, 6) is 1.34. The van der Waals surface area contributed by atoms with Crippen molar-refractivity contribution >= 4 is 17.4 Å². The Morgan fingerprint density at radius 1 is 1.07 bits per heavy atom. The summed E-state index contributed by atoms with van der Waals surface area (Å²) in [5.41, 5.74) is 3.32. The number of benzene rings is 2. The third kappa shape index (κ3) is 4.32. The molecule has 1 aliphatic heterocycles. The molecule has 0 radical (unpaired) electrons. The molecular weight excluding hydrogens is 360 g/mol. The van der Waals surface area contributed by atoms with E-state index < -0.39 is 0 Å². The van der Waals surface area contributed by atoms with Crippen LogP contribution in [0.4, 0.5) is 5.69 Å². The Labute approximate surface area is 162 Å². The van der Waals surface area contributed by atoms with E-state index >= 15 is 0 Å². The first-order valence-electron chi connectivity index (χ1n) is 8.97. The monoisotopic (exact) mass is 383 g/mol. The fraction of sp³-hybridized carbons (Fsp3) is 0.300. The van der Waals surface area contributed by atoms with Gasteiger partial charge in [-0.1, -0.05) is 30.0 Å². The highest BCUT2D eigenvalue weighted by Crippen LogP contribution is 2.26. The van der Waals surface area contributed by atoms with Gasteiger partial charge >= 0.3 is 0 Å². The van der Waals surface area contributed by atoms with Crippen LogP contribution in [0.2, 0.25) is 0 Å². The van der Waals surface area contributed by atoms with Gasteiger partial charge in [-0.2, -0.15) is 0 Å². The van der Waals surface area contributed by atoms with E-state index in [1.165, 1.54) is 11.3 Å². The number of hydrogen-bond donors (Lipinski definition) is 1. The predicted molar refractivity (Wildman–Crippen MR) is 106 cm³/mol. The van der Waals surface area contributed by atoms with Gasteiger partial charge in [0, 0.05) is 36.7 Å². The summed E-state index contributed by atoms with van der Waals surface area (Å²) in [6, 6.07) is 18.3. The number of hydrogen-bond acceptors (Lipinski definition) is 6. The highest BCUT2D eigenvalue weighted by atomic mass is 32.2. The Morgan fingerprint density at radius 2 is 1.85 bits per heavy atom. The highest BCUT2D eigenvalue weighted by molar-refractivity contribution is 7.99. The van der Waals surface area contributed by atoms with Crippen LogP contribution in [-0.2, 0) is 4.74 Å². The van der Waals surface area contributed by atoms with Gasteiger partial charge in [0.15, 0.2) is 0 Å². The molecule has 2 atom stereocenters. The number of rotatable bonds is 6. The lowest BCUT2D eigenvalue weighted by Crippen LogP contribution is -2.82. The quantitative estimate of drug-likeness (QED) is 0.660. The molecule has 0 unspecified atom stereocenters. The molecule has 2 aromatic carbocycles. The van der Waals surface area contributed by atoms with Crippen molar-refractivity contribution in [1.82, 2.24) is 10.2 Å². The van der Waals surface area contributed by atoms with E-state index in [-0.39, 0.29) is 12.3 Å². The van der Waals surface area contributed by atoms with Crippen molar-refractivity contribution in [2.24, 2.45) is 0 Å². The zero-order valence-electron chi connectivity index (χ0n) is 15.4. The van der Waals surface area contributed by atoms with Crippen LogP contribution in [0.5, 0.6) is 0 Å². The van der Waals surface area contributed by atoms with Crippen molar-refractivity contribution in [3.8, 4) is 11.5 Å². The van der Waals surface area contributed by atoms with E-state index in [4.69, 9.17) is 9.15 Å². The summed E-state index contributed by atoms with van der Waals surface area (Å²) in [7, 11) is 4.09. The van der Waals surface area contributed by atoms with Crippen molar-refractivity contribution < 1.29 is 14.5 Å². The molecule has 0 bridgehead atoms. The molecule has 1 saturated heterocycles. The van der Waals surface area contributed by atoms with Gasteiger partial charge in [0.25, 0.3) is 5.22 Å². The van der Waals surface area contributed by atoms with E-state index in [0.717, 1.165) is 17.9 Å². The lowest BCUT2D eigenvalue weighted by Gasteiger charge is -2.14. The largest absolute Gasteiger partial charge is 0.411 e. The fourth-order valence-corrected chi connectivity index (χ4v) is 3.79. The summed E-state index contributed by atoms with van der Waals surface area (Å²) in [6.07, 6.45) is 0.204. The molecule has 27 heavy (non-hydrogen) atoms. The number of ether oxygens (including phenoxy) is 1. The molecule has 6 nitrogen and oxygen atoms in total. The third-order valence-corrected chi connectivity index (χ3v) is 5.46. The number of nitrogens with two attached hydrogens (primary N) is 1. The minimum atomic E-state index is 0.0503. The van der Waals surface area contributed by atoms with Crippen molar-refractivity contribution in [3.63, 3.8) is 0 Å². The number of aromatic nitrogens is 2. The second-order valence-electron chi connectivity index (χ2n) is 6.69. The third-order valence-electron chi connectivity index (χ3n) is 4.51. The first-order chi connectivity index (χ1) is 13.2. The van der Waals surface area contributed by atoms with Gasteiger partial charge in [-0.05, 0) is 36.4 Å². The number of thioether (sulfide) groups is 1. The van der Waals surface area contributed by atoms with E-state index in [1.807, 2.05) is 44.4 Å². The van der Waals surface area contributed by atoms with Crippen molar-refractivity contribution in [1.29, 1.82) is 0 Å². The van der Waals surface area contributed by atoms with Crippen LogP contribution in [0, 0.1) is 0 Å². The average molecular weight is 383 g/mol. The molecule has 3 aromatic rings. The lowest BCUT2D eigenvalue weighted by atomic mass is 10.2. The maximum atomic E-state index is 6.18. The van der Waals surface area contributed by atoms with Gasteiger partial charge in [-0.15, -0.1) is 10.2 Å². The van der Waals surface area contributed by atoms with E-state index in [1.54, 1.807) is 11.8 Å². The Bertz CT molecular complexity index is 867. The minimum Gasteiger partial charge on any atom is -0.411 e. The highest BCUT2D eigenvalue weighted by Gasteiger charge is 2.30. The summed E-state index contributed by atoms with van der Waals surface area (Å²) in [5, 5.41) is 11.1.